The largest absolute Gasteiger partial charge is 0.466 e. The number of carbonyl (C=O) groups excluding carboxylic acids is 2. The molecule has 0 fully saturated rings. The summed E-state index contributed by atoms with van der Waals surface area (Å²) in [5.41, 5.74) is 4.22. The Balaban J connectivity index is 1.15. The molecule has 0 unspecified atom stereocenters. The maximum atomic E-state index is 12.7. The highest BCUT2D eigenvalue weighted by molar-refractivity contribution is 8.03. The van der Waals surface area contributed by atoms with E-state index >= 15 is 0 Å². The molecule has 1 aliphatic heterocycles. The molecular formula is C36H41Cl2N4O3S2+. The lowest BCUT2D eigenvalue weighted by atomic mass is 10.1. The van der Waals surface area contributed by atoms with Gasteiger partial charge in [0.15, 0.2) is 6.54 Å². The van der Waals surface area contributed by atoms with Gasteiger partial charge in [-0.3, -0.25) is 9.59 Å². The molecule has 0 aliphatic carbocycles. The van der Waals surface area contributed by atoms with Crippen molar-refractivity contribution in [1.82, 2.24) is 5.32 Å². The van der Waals surface area contributed by atoms with E-state index < -0.39 is 0 Å². The number of aromatic nitrogens is 1. The summed E-state index contributed by atoms with van der Waals surface area (Å²) in [6.45, 7) is 10.1. The minimum absolute atomic E-state index is 0.0470. The van der Waals surface area contributed by atoms with Crippen LogP contribution in [0.3, 0.4) is 0 Å². The predicted molar refractivity (Wildman–Crippen MR) is 197 cm³/mol. The number of nitrogens with zero attached hydrogens (tertiary/aromatic N) is 3. The number of amides is 1. The van der Waals surface area contributed by atoms with Crippen LogP contribution in [0.25, 0.3) is 16.3 Å². The van der Waals surface area contributed by atoms with Gasteiger partial charge >= 0.3 is 5.97 Å². The normalized spacial score (nSPS) is 13.3. The molecule has 0 radical (unpaired) electrons. The number of anilines is 2. The first-order valence-electron chi connectivity index (χ1n) is 16.1. The number of benzene rings is 3. The van der Waals surface area contributed by atoms with E-state index in [2.05, 4.69) is 51.7 Å². The highest BCUT2D eigenvalue weighted by Gasteiger charge is 2.27. The number of hydrogen-bond acceptors (Lipinski definition) is 7. The molecule has 0 saturated carbocycles. The van der Waals surface area contributed by atoms with E-state index in [9.17, 15) is 9.59 Å². The van der Waals surface area contributed by atoms with Crippen molar-refractivity contribution in [1.29, 1.82) is 0 Å². The van der Waals surface area contributed by atoms with Crippen molar-refractivity contribution >= 4 is 85.8 Å². The molecule has 1 amide bonds. The van der Waals surface area contributed by atoms with Crippen molar-refractivity contribution in [3.63, 3.8) is 0 Å². The van der Waals surface area contributed by atoms with Crippen LogP contribution in [0.15, 0.2) is 70.6 Å². The van der Waals surface area contributed by atoms with E-state index in [1.807, 2.05) is 48.5 Å². The van der Waals surface area contributed by atoms with Crippen molar-refractivity contribution in [2.45, 2.75) is 57.9 Å². The van der Waals surface area contributed by atoms with Gasteiger partial charge < -0.3 is 19.9 Å². The van der Waals surface area contributed by atoms with Crippen LogP contribution in [-0.2, 0) is 27.3 Å². The molecule has 7 nitrogen and oxygen atoms in total. The first-order valence-corrected chi connectivity index (χ1v) is 18.5. The molecule has 5 rings (SSSR count). The van der Waals surface area contributed by atoms with Crippen LogP contribution in [0.2, 0.25) is 10.0 Å². The van der Waals surface area contributed by atoms with Gasteiger partial charge in [0.1, 0.15) is 4.70 Å². The molecule has 0 bridgehead atoms. The smallest absolute Gasteiger partial charge is 0.310 e. The Kier molecular flexibility index (Phi) is 12.5. The van der Waals surface area contributed by atoms with Gasteiger partial charge in [-0.1, -0.05) is 58.4 Å². The van der Waals surface area contributed by atoms with E-state index in [-0.39, 0.29) is 18.3 Å². The Labute approximate surface area is 295 Å². The van der Waals surface area contributed by atoms with E-state index in [4.69, 9.17) is 27.9 Å². The SMILES string of the molecule is CCOC(=O)Cc1ccc(N(CC)CCC(=O)NCCCC[n+]2c(C=C3Sc4ccc(Cl)cc4N3CC)sc3ccc(Cl)cc32)cc1. The topological polar surface area (TPSA) is 65.8 Å². The number of halogens is 2. The minimum atomic E-state index is -0.224. The molecule has 11 heteroatoms. The first-order chi connectivity index (χ1) is 22.8. The number of thioether (sulfide) groups is 1. The highest BCUT2D eigenvalue weighted by atomic mass is 35.5. The molecule has 1 N–H and O–H groups in total. The second kappa shape index (κ2) is 16.7. The molecule has 1 aromatic heterocycles. The summed E-state index contributed by atoms with van der Waals surface area (Å²) in [5.74, 6) is -0.177. The molecule has 0 atom stereocenters. The minimum Gasteiger partial charge on any atom is -0.466 e. The number of rotatable bonds is 15. The summed E-state index contributed by atoms with van der Waals surface area (Å²) in [6.07, 6.45) is 4.73. The fourth-order valence-corrected chi connectivity index (χ4v) is 8.30. The molecule has 0 saturated heterocycles. The standard InChI is InChI=1S/C36H40Cl2N4O3S2/c1-4-40(28-13-9-25(10-14-28)21-36(44)45-6-3)20-17-33(43)39-18-7-8-19-42-30-23-27(38)12-16-32(30)47-35(42)24-34-41(5-2)29-22-26(37)11-15-31(29)46-34/h9-16,22-24H,4-8,17-21H2,1-3H3/p+1. The van der Waals surface area contributed by atoms with Gasteiger partial charge in [0, 0.05) is 65.7 Å². The second-order valence-electron chi connectivity index (χ2n) is 11.2. The van der Waals surface area contributed by atoms with Gasteiger partial charge in [0.2, 0.25) is 11.4 Å². The third-order valence-electron chi connectivity index (χ3n) is 8.02. The summed E-state index contributed by atoms with van der Waals surface area (Å²) >= 11 is 16.3. The Morgan fingerprint density at radius 1 is 1.00 bits per heavy atom. The van der Waals surface area contributed by atoms with Gasteiger partial charge in [-0.2, -0.15) is 4.57 Å². The summed E-state index contributed by atoms with van der Waals surface area (Å²) in [7, 11) is 0. The van der Waals surface area contributed by atoms with Crippen molar-refractivity contribution in [2.24, 2.45) is 0 Å². The summed E-state index contributed by atoms with van der Waals surface area (Å²) in [4.78, 5) is 30.2. The van der Waals surface area contributed by atoms with E-state index in [0.29, 0.717) is 26.1 Å². The monoisotopic (exact) mass is 711 g/mol. The number of unbranched alkanes of at least 4 members (excludes halogenated alkanes) is 1. The van der Waals surface area contributed by atoms with Crippen LogP contribution in [0, 0.1) is 0 Å². The summed E-state index contributed by atoms with van der Waals surface area (Å²) < 4.78 is 8.58. The molecule has 2 heterocycles. The van der Waals surface area contributed by atoms with Crippen LogP contribution >= 0.6 is 46.3 Å². The number of thiazole rings is 1. The zero-order valence-corrected chi connectivity index (χ0v) is 30.2. The van der Waals surface area contributed by atoms with E-state index in [1.54, 1.807) is 30.0 Å². The predicted octanol–water partition coefficient (Wildman–Crippen LogP) is 8.34. The van der Waals surface area contributed by atoms with Gasteiger partial charge in [-0.15, -0.1) is 0 Å². The summed E-state index contributed by atoms with van der Waals surface area (Å²) in [6, 6.07) is 20.0. The second-order valence-corrected chi connectivity index (χ2v) is 14.2. The Hall–Kier alpha value is -3.24. The van der Waals surface area contributed by atoms with Crippen molar-refractivity contribution < 1.29 is 18.9 Å². The van der Waals surface area contributed by atoms with Gasteiger partial charge in [-0.25, -0.2) is 0 Å². The number of ether oxygens (including phenoxy) is 1. The molecule has 47 heavy (non-hydrogen) atoms. The lowest BCUT2D eigenvalue weighted by molar-refractivity contribution is -0.669. The number of nitrogens with one attached hydrogen (secondary N) is 1. The Morgan fingerprint density at radius 2 is 1.77 bits per heavy atom. The lowest BCUT2D eigenvalue weighted by Gasteiger charge is -2.23. The number of esters is 1. The van der Waals surface area contributed by atoms with Crippen LogP contribution in [0.1, 0.15) is 50.6 Å². The molecule has 1 aliphatic rings. The van der Waals surface area contributed by atoms with Crippen LogP contribution in [0.5, 0.6) is 0 Å². The quantitative estimate of drug-likeness (QED) is 0.0760. The zero-order chi connectivity index (χ0) is 33.3. The zero-order valence-electron chi connectivity index (χ0n) is 27.1. The third kappa shape index (κ3) is 9.02. The van der Waals surface area contributed by atoms with Crippen LogP contribution in [-0.4, -0.2) is 44.7 Å². The maximum Gasteiger partial charge on any atom is 0.310 e. The average Bonchev–Trinajstić information content (AvgIpc) is 3.57. The van der Waals surface area contributed by atoms with Gasteiger partial charge in [-0.05, 0) is 75.2 Å². The fraction of sp³-hybridized carbons (Fsp3) is 0.361. The Bertz CT molecular complexity index is 1740. The van der Waals surface area contributed by atoms with Crippen molar-refractivity contribution in [3.8, 4) is 0 Å². The van der Waals surface area contributed by atoms with Crippen LogP contribution < -0.4 is 19.7 Å². The van der Waals surface area contributed by atoms with Gasteiger partial charge in [0.05, 0.1) is 29.8 Å². The molecule has 0 spiro atoms. The third-order valence-corrected chi connectivity index (χ3v) is 10.7. The van der Waals surface area contributed by atoms with Crippen molar-refractivity contribution in [3.05, 3.63) is 86.3 Å². The van der Waals surface area contributed by atoms with Crippen LogP contribution in [0.4, 0.5) is 11.4 Å². The molecule has 3 aromatic carbocycles. The summed E-state index contributed by atoms with van der Waals surface area (Å²) in [5, 5.41) is 6.91. The maximum absolute atomic E-state index is 12.7. The first kappa shape index (κ1) is 35.1. The lowest BCUT2D eigenvalue weighted by Crippen LogP contribution is -2.36. The average molecular weight is 713 g/mol. The highest BCUT2D eigenvalue weighted by Crippen LogP contribution is 2.47. The Morgan fingerprint density at radius 3 is 2.51 bits per heavy atom. The number of fused-ring (bicyclic) bond motifs is 2. The molecule has 4 aromatic rings. The van der Waals surface area contributed by atoms with E-state index in [1.165, 1.54) is 19.6 Å². The number of carbonyl (C=O) groups is 2. The number of hydrogen-bond donors (Lipinski definition) is 1. The fourth-order valence-electron chi connectivity index (χ4n) is 5.65. The molecule has 248 valence electrons. The van der Waals surface area contributed by atoms with Crippen molar-refractivity contribution in [2.75, 3.05) is 42.6 Å². The molecular weight excluding hydrogens is 671 g/mol. The number of aryl methyl sites for hydroxylation is 1. The van der Waals surface area contributed by atoms with E-state index in [0.717, 1.165) is 65.0 Å². The van der Waals surface area contributed by atoms with Gasteiger partial charge in [0.25, 0.3) is 5.01 Å².